The fourth-order valence-electron chi connectivity index (χ4n) is 5.28. The van der Waals surface area contributed by atoms with Gasteiger partial charge in [-0.3, -0.25) is 9.59 Å². The van der Waals surface area contributed by atoms with Crippen LogP contribution in [0.5, 0.6) is 0 Å². The maximum Gasteiger partial charge on any atom is 0.338 e. The van der Waals surface area contributed by atoms with Gasteiger partial charge in [-0.25, -0.2) is 9.59 Å². The zero-order valence-electron chi connectivity index (χ0n) is 30.1. The van der Waals surface area contributed by atoms with Gasteiger partial charge in [0.15, 0.2) is 0 Å². The number of anilines is 2. The molecule has 0 spiro atoms. The predicted molar refractivity (Wildman–Crippen MR) is 208 cm³/mol. The van der Waals surface area contributed by atoms with E-state index in [0.29, 0.717) is 71.2 Å². The highest BCUT2D eigenvalue weighted by Gasteiger charge is 2.13. The monoisotopic (exact) mass is 724 g/mol. The van der Waals surface area contributed by atoms with Gasteiger partial charge < -0.3 is 19.3 Å². The van der Waals surface area contributed by atoms with E-state index in [2.05, 4.69) is 30.3 Å². The molecule has 12 nitrogen and oxygen atoms in total. The summed E-state index contributed by atoms with van der Waals surface area (Å²) >= 11 is 0. The Balaban J connectivity index is 1.03. The number of hydrogen-bond acceptors (Lipinski definition) is 12. The lowest BCUT2D eigenvalue weighted by molar-refractivity contribution is 0.0500. The molecule has 0 saturated heterocycles. The summed E-state index contributed by atoms with van der Waals surface area (Å²) in [5, 5.41) is 16.9. The van der Waals surface area contributed by atoms with Crippen LogP contribution in [0.1, 0.15) is 55.3 Å². The largest absolute Gasteiger partial charge is 0.460 e. The lowest BCUT2D eigenvalue weighted by Crippen LogP contribution is -2.28. The third-order valence-corrected chi connectivity index (χ3v) is 8.36. The molecule has 0 fully saturated rings. The van der Waals surface area contributed by atoms with Crippen LogP contribution in [-0.4, -0.2) is 63.9 Å². The summed E-state index contributed by atoms with van der Waals surface area (Å²) < 4.78 is 11.1. The minimum absolute atomic E-state index is 0.174. The second-order valence-electron chi connectivity index (χ2n) is 11.9. The van der Waals surface area contributed by atoms with Crippen molar-refractivity contribution in [3.63, 3.8) is 0 Å². The molecule has 0 heterocycles. The first-order chi connectivity index (χ1) is 26.4. The van der Waals surface area contributed by atoms with Crippen molar-refractivity contribution in [2.45, 2.75) is 13.8 Å². The van der Waals surface area contributed by atoms with Crippen molar-refractivity contribution < 1.29 is 28.7 Å². The average molecular weight is 725 g/mol. The van der Waals surface area contributed by atoms with Crippen molar-refractivity contribution in [3.8, 4) is 0 Å². The minimum atomic E-state index is -0.484. The van der Waals surface area contributed by atoms with Gasteiger partial charge in [0.2, 0.25) is 0 Å². The van der Waals surface area contributed by atoms with E-state index in [1.165, 1.54) is 0 Å². The normalized spacial score (nSPS) is 11.0. The van der Waals surface area contributed by atoms with Crippen LogP contribution in [0.3, 0.4) is 0 Å². The topological polar surface area (TPSA) is 143 Å². The third kappa shape index (κ3) is 11.1. The van der Waals surface area contributed by atoms with Crippen LogP contribution in [-0.2, 0) is 9.47 Å². The zero-order chi connectivity index (χ0) is 38.1. The van der Waals surface area contributed by atoms with Crippen LogP contribution in [0.25, 0.3) is 0 Å². The first kappa shape index (κ1) is 38.4. The number of azo groups is 2. The summed E-state index contributed by atoms with van der Waals surface area (Å²) in [5.74, 6) is -0.968. The van der Waals surface area contributed by atoms with Gasteiger partial charge in [-0.1, -0.05) is 0 Å². The van der Waals surface area contributed by atoms with E-state index in [1.54, 1.807) is 72.8 Å². The number of likely N-dealkylation sites (N-methyl/N-ethyl adjacent to an activating group) is 2. The van der Waals surface area contributed by atoms with E-state index in [-0.39, 0.29) is 13.2 Å². The fourth-order valence-corrected chi connectivity index (χ4v) is 5.28. The first-order valence-electron chi connectivity index (χ1n) is 17.5. The van der Waals surface area contributed by atoms with E-state index >= 15 is 0 Å². The highest BCUT2D eigenvalue weighted by molar-refractivity contribution is 5.93. The highest BCUT2D eigenvalue weighted by Crippen LogP contribution is 2.24. The van der Waals surface area contributed by atoms with Gasteiger partial charge in [0.25, 0.3) is 0 Å². The van der Waals surface area contributed by atoms with Crippen LogP contribution < -0.4 is 9.80 Å². The molecule has 0 aliphatic heterocycles. The Morgan fingerprint density at radius 1 is 0.481 bits per heavy atom. The van der Waals surface area contributed by atoms with Gasteiger partial charge in [-0.15, -0.1) is 0 Å². The molecule has 5 aromatic carbocycles. The Morgan fingerprint density at radius 3 is 1.06 bits per heavy atom. The zero-order valence-corrected chi connectivity index (χ0v) is 30.1. The maximum absolute atomic E-state index is 12.7. The van der Waals surface area contributed by atoms with E-state index in [0.717, 1.165) is 23.9 Å². The minimum Gasteiger partial charge on any atom is -0.460 e. The predicted octanol–water partition coefficient (Wildman–Crippen LogP) is 9.51. The maximum atomic E-state index is 12.7. The molecule has 0 aromatic heterocycles. The molecule has 0 bridgehead atoms. The van der Waals surface area contributed by atoms with Crippen molar-refractivity contribution in [1.82, 2.24) is 0 Å². The summed E-state index contributed by atoms with van der Waals surface area (Å²) in [6, 6.07) is 35.0. The Morgan fingerprint density at radius 2 is 0.778 bits per heavy atom. The molecule has 5 rings (SSSR count). The number of carbonyl (C=O) groups excluding carboxylic acids is 4. The number of rotatable bonds is 18. The average Bonchev–Trinajstić information content (AvgIpc) is 3.23. The molecule has 274 valence electrons. The summed E-state index contributed by atoms with van der Waals surface area (Å²) in [6.07, 6.45) is 1.56. The molecule has 54 heavy (non-hydrogen) atoms. The standard InChI is InChI=1S/C42H40N6O6/c1-3-47(39-21-17-37(18-22-39)45-43-35-13-5-31(29-49)6-14-35)25-27-53-41(51)33-9-11-34(12-10-33)42(52)54-28-26-48(4-2)40-23-19-38(20-24-40)46-44-36-15-7-32(30-50)8-16-36/h5-24,29-30H,3-4,25-28H2,1-2H3. The number of carbonyl (C=O) groups is 4. The molecule has 0 amide bonds. The smallest absolute Gasteiger partial charge is 0.338 e. The van der Waals surface area contributed by atoms with Crippen LogP contribution in [0, 0.1) is 0 Å². The third-order valence-electron chi connectivity index (χ3n) is 8.36. The van der Waals surface area contributed by atoms with Crippen LogP contribution in [0.4, 0.5) is 34.1 Å². The van der Waals surface area contributed by atoms with Crippen LogP contribution >= 0.6 is 0 Å². The fraction of sp³-hybridized carbons (Fsp3) is 0.190. The Bertz CT molecular complexity index is 1900. The van der Waals surface area contributed by atoms with E-state index in [9.17, 15) is 19.2 Å². The van der Waals surface area contributed by atoms with Gasteiger partial charge in [0.05, 0.1) is 47.0 Å². The first-order valence-corrected chi connectivity index (χ1v) is 17.5. The highest BCUT2D eigenvalue weighted by atomic mass is 16.5. The van der Waals surface area contributed by atoms with Crippen molar-refractivity contribution in [1.29, 1.82) is 0 Å². The number of benzene rings is 5. The van der Waals surface area contributed by atoms with Crippen molar-refractivity contribution in [2.24, 2.45) is 20.5 Å². The van der Waals surface area contributed by atoms with Gasteiger partial charge in [0.1, 0.15) is 25.8 Å². The molecule has 0 aliphatic carbocycles. The molecule has 0 N–H and O–H groups in total. The second-order valence-corrected chi connectivity index (χ2v) is 11.9. The lowest BCUT2D eigenvalue weighted by atomic mass is 10.1. The van der Waals surface area contributed by atoms with Gasteiger partial charge >= 0.3 is 11.9 Å². The summed E-state index contributed by atoms with van der Waals surface area (Å²) in [5.41, 5.74) is 6.38. The SMILES string of the molecule is CCN(CCOC(=O)c1ccc(C(=O)OCCN(CC)c2ccc(N=Nc3ccc(C=O)cc3)cc2)cc1)c1ccc(N=Nc2ccc(C=O)cc2)cc1. The Labute approximate surface area is 313 Å². The van der Waals surface area contributed by atoms with E-state index in [1.807, 2.05) is 62.4 Å². The van der Waals surface area contributed by atoms with Crippen molar-refractivity contribution >= 4 is 58.6 Å². The number of nitrogens with zero attached hydrogens (tertiary/aromatic N) is 6. The van der Waals surface area contributed by atoms with E-state index < -0.39 is 11.9 Å². The van der Waals surface area contributed by atoms with Crippen molar-refractivity contribution in [2.75, 3.05) is 49.2 Å². The molecular weight excluding hydrogens is 684 g/mol. The Hall–Kier alpha value is -6.82. The lowest BCUT2D eigenvalue weighted by Gasteiger charge is -2.23. The molecular formula is C42H40N6O6. The summed E-state index contributed by atoms with van der Waals surface area (Å²) in [4.78, 5) is 51.3. The van der Waals surface area contributed by atoms with Gasteiger partial charge in [-0.05, 0) is 135 Å². The summed E-state index contributed by atoms with van der Waals surface area (Å²) in [7, 11) is 0. The molecule has 0 atom stereocenters. The summed E-state index contributed by atoms with van der Waals surface area (Å²) in [6.45, 7) is 6.76. The molecule has 0 unspecified atom stereocenters. The quantitative estimate of drug-likeness (QED) is 0.0494. The van der Waals surface area contributed by atoms with E-state index in [4.69, 9.17) is 9.47 Å². The number of hydrogen-bond donors (Lipinski definition) is 0. The number of esters is 2. The van der Waals surface area contributed by atoms with Crippen LogP contribution in [0.2, 0.25) is 0 Å². The molecule has 5 aromatic rings. The molecule has 0 saturated carbocycles. The van der Waals surface area contributed by atoms with Gasteiger partial charge in [0, 0.05) is 35.6 Å². The molecule has 0 radical (unpaired) electrons. The number of ether oxygens (including phenoxy) is 2. The second kappa shape index (κ2) is 19.7. The number of aldehydes is 2. The van der Waals surface area contributed by atoms with Gasteiger partial charge in [-0.2, -0.15) is 20.5 Å². The molecule has 0 aliphatic rings. The molecule has 12 heteroatoms. The van der Waals surface area contributed by atoms with Crippen molar-refractivity contribution in [3.05, 3.63) is 144 Å². The van der Waals surface area contributed by atoms with Crippen LogP contribution in [0.15, 0.2) is 142 Å². The Kier molecular flexibility index (Phi) is 14.0.